The summed E-state index contributed by atoms with van der Waals surface area (Å²) in [5.74, 6) is -0.0589. The molecule has 2 aromatic rings. The second-order valence-corrected chi connectivity index (χ2v) is 7.41. The van der Waals surface area contributed by atoms with Crippen molar-refractivity contribution in [1.82, 2.24) is 5.01 Å². The second kappa shape index (κ2) is 7.97. The Morgan fingerprint density at radius 1 is 0.929 bits per heavy atom. The minimum Gasteiger partial charge on any atom is -0.312 e. The Labute approximate surface area is 165 Å². The van der Waals surface area contributed by atoms with Gasteiger partial charge in [0.25, 0.3) is 0 Å². The summed E-state index contributed by atoms with van der Waals surface area (Å²) in [5.41, 5.74) is 5.36. The number of hydrazone groups is 1. The normalized spacial score (nSPS) is 16.0. The van der Waals surface area contributed by atoms with E-state index in [1.165, 1.54) is 10.6 Å². The first-order chi connectivity index (χ1) is 13.6. The maximum atomic E-state index is 12.8. The Bertz CT molecular complexity index is 921. The summed E-state index contributed by atoms with van der Waals surface area (Å²) in [4.78, 5) is 27.3. The second-order valence-electron chi connectivity index (χ2n) is 7.41. The lowest BCUT2D eigenvalue weighted by Crippen LogP contribution is -2.36. The first-order valence-corrected chi connectivity index (χ1v) is 9.95. The van der Waals surface area contributed by atoms with E-state index in [0.717, 1.165) is 48.3 Å². The van der Waals surface area contributed by atoms with Gasteiger partial charge in [-0.15, -0.1) is 0 Å². The van der Waals surface area contributed by atoms with Crippen molar-refractivity contribution in [2.45, 2.75) is 39.0 Å². The predicted octanol–water partition coefficient (Wildman–Crippen LogP) is 3.69. The fourth-order valence-corrected chi connectivity index (χ4v) is 4.04. The van der Waals surface area contributed by atoms with Crippen molar-refractivity contribution in [3.05, 3.63) is 65.2 Å². The quantitative estimate of drug-likeness (QED) is 0.818. The average molecular weight is 375 g/mol. The minimum atomic E-state index is -0.0821. The topological polar surface area (TPSA) is 53.0 Å². The standard InChI is InChI=1S/C23H25N3O2/c1-17-7-5-10-19-11-6-15-25(23(17)19)21(27)12-13-22(28)26-16-14-20(24-26)18-8-3-2-4-9-18/h2-5,7-10H,6,11-16H2,1H3. The van der Waals surface area contributed by atoms with Gasteiger partial charge in [-0.25, -0.2) is 5.01 Å². The Kier molecular flexibility index (Phi) is 5.24. The van der Waals surface area contributed by atoms with E-state index in [9.17, 15) is 9.59 Å². The van der Waals surface area contributed by atoms with Crippen molar-refractivity contribution >= 4 is 23.2 Å². The molecule has 2 amide bonds. The van der Waals surface area contributed by atoms with E-state index in [4.69, 9.17) is 0 Å². The molecular weight excluding hydrogens is 350 g/mol. The summed E-state index contributed by atoms with van der Waals surface area (Å²) >= 11 is 0. The molecule has 5 nitrogen and oxygen atoms in total. The van der Waals surface area contributed by atoms with E-state index in [1.807, 2.05) is 54.3 Å². The zero-order valence-electron chi connectivity index (χ0n) is 16.2. The third kappa shape index (κ3) is 3.70. The van der Waals surface area contributed by atoms with E-state index < -0.39 is 0 Å². The number of benzene rings is 2. The van der Waals surface area contributed by atoms with Crippen molar-refractivity contribution in [3.8, 4) is 0 Å². The lowest BCUT2D eigenvalue weighted by molar-refractivity contribution is -0.132. The third-order valence-corrected chi connectivity index (χ3v) is 5.47. The number of hydrogen-bond donors (Lipinski definition) is 0. The zero-order valence-corrected chi connectivity index (χ0v) is 16.2. The SMILES string of the molecule is Cc1cccc2c1N(C(=O)CCC(=O)N1CCC(c3ccccc3)=N1)CCC2. The molecule has 28 heavy (non-hydrogen) atoms. The van der Waals surface area contributed by atoms with Crippen LogP contribution in [0.2, 0.25) is 0 Å². The average Bonchev–Trinajstić information content (AvgIpc) is 3.23. The number of para-hydroxylation sites is 1. The molecular formula is C23H25N3O2. The first kappa shape index (κ1) is 18.4. The van der Waals surface area contributed by atoms with Gasteiger partial charge in [0, 0.05) is 31.5 Å². The highest BCUT2D eigenvalue weighted by molar-refractivity contribution is 6.03. The monoisotopic (exact) mass is 375 g/mol. The number of hydrogen-bond acceptors (Lipinski definition) is 3. The molecule has 5 heteroatoms. The van der Waals surface area contributed by atoms with Crippen LogP contribution in [0.3, 0.4) is 0 Å². The van der Waals surface area contributed by atoms with Gasteiger partial charge in [-0.05, 0) is 36.5 Å². The van der Waals surface area contributed by atoms with Crippen molar-refractivity contribution < 1.29 is 9.59 Å². The Balaban J connectivity index is 1.39. The summed E-state index contributed by atoms with van der Waals surface area (Å²) in [7, 11) is 0. The molecule has 4 rings (SSSR count). The van der Waals surface area contributed by atoms with Crippen LogP contribution in [0.5, 0.6) is 0 Å². The van der Waals surface area contributed by atoms with E-state index >= 15 is 0 Å². The molecule has 0 aromatic heterocycles. The molecule has 2 aliphatic rings. The van der Waals surface area contributed by atoms with Gasteiger partial charge in [0.1, 0.15) is 0 Å². The lowest BCUT2D eigenvalue weighted by Gasteiger charge is -2.31. The minimum absolute atomic E-state index is 0.0232. The molecule has 0 radical (unpaired) electrons. The van der Waals surface area contributed by atoms with E-state index in [2.05, 4.69) is 11.2 Å². The number of aryl methyl sites for hydroxylation is 2. The molecule has 0 fully saturated rings. The van der Waals surface area contributed by atoms with Gasteiger partial charge in [-0.1, -0.05) is 48.5 Å². The highest BCUT2D eigenvalue weighted by Crippen LogP contribution is 2.31. The number of carbonyl (C=O) groups excluding carboxylic acids is 2. The summed E-state index contributed by atoms with van der Waals surface area (Å²) in [6.07, 6.45) is 3.14. The summed E-state index contributed by atoms with van der Waals surface area (Å²) < 4.78 is 0. The number of nitrogens with zero attached hydrogens (tertiary/aromatic N) is 3. The molecule has 2 aromatic carbocycles. The number of rotatable bonds is 4. The van der Waals surface area contributed by atoms with Crippen LogP contribution in [0.1, 0.15) is 42.4 Å². The fraction of sp³-hybridized carbons (Fsp3) is 0.348. The van der Waals surface area contributed by atoms with E-state index in [0.29, 0.717) is 6.54 Å². The Hall–Kier alpha value is -2.95. The van der Waals surface area contributed by atoms with Crippen LogP contribution in [-0.4, -0.2) is 35.6 Å². The van der Waals surface area contributed by atoms with Crippen LogP contribution < -0.4 is 4.90 Å². The fourth-order valence-electron chi connectivity index (χ4n) is 4.04. The Morgan fingerprint density at radius 2 is 1.71 bits per heavy atom. The van der Waals surface area contributed by atoms with Crippen molar-refractivity contribution in [2.24, 2.45) is 5.10 Å². The molecule has 0 saturated carbocycles. The molecule has 2 heterocycles. The summed E-state index contributed by atoms with van der Waals surface area (Å²) in [6.45, 7) is 3.35. The lowest BCUT2D eigenvalue weighted by atomic mass is 9.98. The molecule has 0 atom stereocenters. The van der Waals surface area contributed by atoms with Gasteiger partial charge in [-0.2, -0.15) is 5.10 Å². The van der Waals surface area contributed by atoms with Gasteiger partial charge < -0.3 is 4.90 Å². The van der Waals surface area contributed by atoms with Gasteiger partial charge in [0.05, 0.1) is 12.3 Å². The van der Waals surface area contributed by atoms with Crippen LogP contribution in [0.15, 0.2) is 53.6 Å². The molecule has 0 N–H and O–H groups in total. The molecule has 0 unspecified atom stereocenters. The smallest absolute Gasteiger partial charge is 0.243 e. The molecule has 0 spiro atoms. The molecule has 0 saturated heterocycles. The maximum absolute atomic E-state index is 12.8. The van der Waals surface area contributed by atoms with Crippen LogP contribution in [0, 0.1) is 6.92 Å². The zero-order chi connectivity index (χ0) is 19.5. The molecule has 2 aliphatic heterocycles. The van der Waals surface area contributed by atoms with Crippen LogP contribution in [0.25, 0.3) is 0 Å². The molecule has 0 aliphatic carbocycles. The van der Waals surface area contributed by atoms with Crippen molar-refractivity contribution in [3.63, 3.8) is 0 Å². The molecule has 0 bridgehead atoms. The summed E-state index contributed by atoms with van der Waals surface area (Å²) in [6, 6.07) is 16.1. The van der Waals surface area contributed by atoms with Crippen LogP contribution in [0.4, 0.5) is 5.69 Å². The maximum Gasteiger partial charge on any atom is 0.243 e. The van der Waals surface area contributed by atoms with Crippen LogP contribution >= 0.6 is 0 Å². The number of anilines is 1. The van der Waals surface area contributed by atoms with Gasteiger partial charge >= 0.3 is 0 Å². The molecule has 144 valence electrons. The van der Waals surface area contributed by atoms with Gasteiger partial charge in [-0.3, -0.25) is 9.59 Å². The van der Waals surface area contributed by atoms with E-state index in [1.54, 1.807) is 0 Å². The highest BCUT2D eigenvalue weighted by atomic mass is 16.2. The highest BCUT2D eigenvalue weighted by Gasteiger charge is 2.26. The van der Waals surface area contributed by atoms with E-state index in [-0.39, 0.29) is 24.7 Å². The van der Waals surface area contributed by atoms with Crippen LogP contribution in [-0.2, 0) is 16.0 Å². The van der Waals surface area contributed by atoms with Crippen molar-refractivity contribution in [1.29, 1.82) is 0 Å². The number of amides is 2. The van der Waals surface area contributed by atoms with Crippen molar-refractivity contribution in [2.75, 3.05) is 18.0 Å². The van der Waals surface area contributed by atoms with Gasteiger partial charge in [0.2, 0.25) is 11.8 Å². The predicted molar refractivity (Wildman–Crippen MR) is 110 cm³/mol. The first-order valence-electron chi connectivity index (χ1n) is 9.95. The number of carbonyl (C=O) groups is 2. The number of fused-ring (bicyclic) bond motifs is 1. The van der Waals surface area contributed by atoms with Gasteiger partial charge in [0.15, 0.2) is 0 Å². The third-order valence-electron chi connectivity index (χ3n) is 5.47. The largest absolute Gasteiger partial charge is 0.312 e. The Morgan fingerprint density at radius 3 is 2.54 bits per heavy atom. The summed E-state index contributed by atoms with van der Waals surface area (Å²) in [5, 5.41) is 5.99.